The number of nitrogens with one attached hydrogen (secondary N) is 1. The average Bonchev–Trinajstić information content (AvgIpc) is 2.87. The van der Waals surface area contributed by atoms with Gasteiger partial charge in [0.05, 0.1) is 19.6 Å². The van der Waals surface area contributed by atoms with E-state index in [1.807, 2.05) is 0 Å². The number of amides is 1. The van der Waals surface area contributed by atoms with Crippen LogP contribution >= 0.6 is 0 Å². The van der Waals surface area contributed by atoms with Gasteiger partial charge in [-0.05, 0) is 44.9 Å². The molecule has 0 bridgehead atoms. The number of alkyl carbamates (subject to hydrolysis) is 1. The second kappa shape index (κ2) is 22.6. The van der Waals surface area contributed by atoms with Gasteiger partial charge < -0.3 is 32.4 Å². The Kier molecular flexibility index (Phi) is 23.3. The van der Waals surface area contributed by atoms with Crippen molar-refractivity contribution in [2.45, 2.75) is 98.0 Å². The van der Waals surface area contributed by atoms with Gasteiger partial charge in [-0.1, -0.05) is 41.5 Å². The van der Waals surface area contributed by atoms with Crippen molar-refractivity contribution in [1.29, 1.82) is 0 Å². The summed E-state index contributed by atoms with van der Waals surface area (Å²) in [5.74, 6) is 0. The summed E-state index contributed by atoms with van der Waals surface area (Å²) < 4.78 is 83.8. The standard InChI is InChI=1S/C24H52N2O5Si.CHF3O3S/c1-7-15-26(16-8-2,17-9-3)18-22-28-24(27)25-14-13-23-32(29-19-10-4,30-20-11-5)31-21-12-6;2-1(3,4)8(5,6)7/h7-23H2,1-6H3;(H,5,6,7). The van der Waals surface area contributed by atoms with E-state index in [1.54, 1.807) is 0 Å². The van der Waals surface area contributed by atoms with Gasteiger partial charge in [-0.3, -0.25) is 0 Å². The van der Waals surface area contributed by atoms with E-state index < -0.39 is 24.4 Å². The van der Waals surface area contributed by atoms with Gasteiger partial charge in [-0.15, -0.1) is 0 Å². The molecule has 0 spiro atoms. The molecule has 0 aliphatic rings. The molecule has 15 heteroatoms. The third-order valence-corrected chi connectivity index (χ3v) is 9.15. The second-order valence-corrected chi connectivity index (χ2v) is 13.6. The fraction of sp³-hybridized carbons (Fsp3) is 0.960. The number of halogens is 3. The minimum atomic E-state index is -6.09. The van der Waals surface area contributed by atoms with Gasteiger partial charge >= 0.3 is 20.4 Å². The zero-order chi connectivity index (χ0) is 31.1. The zero-order valence-corrected chi connectivity index (χ0v) is 27.1. The van der Waals surface area contributed by atoms with E-state index in [1.165, 1.54) is 0 Å². The van der Waals surface area contributed by atoms with Gasteiger partial charge in [0.1, 0.15) is 13.2 Å². The molecule has 1 N–H and O–H groups in total. The lowest BCUT2D eigenvalue weighted by Crippen LogP contribution is -2.52. The molecule has 40 heavy (non-hydrogen) atoms. The Labute approximate surface area is 241 Å². The van der Waals surface area contributed by atoms with Gasteiger partial charge in [0, 0.05) is 32.4 Å². The van der Waals surface area contributed by atoms with E-state index in [0.717, 1.165) is 75.6 Å². The summed E-state index contributed by atoms with van der Waals surface area (Å²) in [6.07, 6.45) is 6.65. The van der Waals surface area contributed by atoms with E-state index in [9.17, 15) is 18.0 Å². The highest BCUT2D eigenvalue weighted by atomic mass is 32.2. The van der Waals surface area contributed by atoms with Crippen LogP contribution in [0.25, 0.3) is 0 Å². The smallest absolute Gasteiger partial charge is 0.501 e. The van der Waals surface area contributed by atoms with Crippen LogP contribution in [0.3, 0.4) is 0 Å². The highest BCUT2D eigenvalue weighted by Crippen LogP contribution is 2.21. The highest BCUT2D eigenvalue weighted by molar-refractivity contribution is 7.86. The van der Waals surface area contributed by atoms with Crippen LogP contribution in [0.2, 0.25) is 6.04 Å². The number of rotatable bonds is 22. The molecule has 0 radical (unpaired) electrons. The topological polar surface area (TPSA) is 123 Å². The first kappa shape index (κ1) is 41.2. The maximum atomic E-state index is 12.2. The Morgan fingerprint density at radius 1 is 0.775 bits per heavy atom. The number of hydrogen-bond donors (Lipinski definition) is 1. The van der Waals surface area contributed by atoms with Gasteiger partial charge in [0.15, 0.2) is 10.1 Å². The maximum absolute atomic E-state index is 12.2. The Morgan fingerprint density at radius 2 is 1.18 bits per heavy atom. The van der Waals surface area contributed by atoms with E-state index >= 15 is 0 Å². The first-order valence-electron chi connectivity index (χ1n) is 14.4. The van der Waals surface area contributed by atoms with Crippen molar-refractivity contribution in [1.82, 2.24) is 5.32 Å². The molecule has 0 aromatic rings. The molecule has 0 aliphatic carbocycles. The molecule has 0 fully saturated rings. The molecular formula is C25H53F3N2O8SSi. The molecule has 0 atom stereocenters. The molecule has 0 aromatic heterocycles. The Balaban J connectivity index is 0. The third kappa shape index (κ3) is 19.2. The largest absolute Gasteiger partial charge is 0.741 e. The van der Waals surface area contributed by atoms with Crippen LogP contribution in [0.1, 0.15) is 86.5 Å². The summed E-state index contributed by atoms with van der Waals surface area (Å²) in [5, 5.41) is 2.89. The number of alkyl halides is 3. The molecule has 0 unspecified atom stereocenters. The summed E-state index contributed by atoms with van der Waals surface area (Å²) in [5.41, 5.74) is -5.65. The lowest BCUT2D eigenvalue weighted by atomic mass is 10.2. The normalized spacial score (nSPS) is 12.6. The molecule has 242 valence electrons. The van der Waals surface area contributed by atoms with Gasteiger partial charge in [-0.25, -0.2) is 13.2 Å². The van der Waals surface area contributed by atoms with E-state index in [0.29, 0.717) is 39.0 Å². The van der Waals surface area contributed by atoms with Crippen molar-refractivity contribution >= 4 is 25.0 Å². The van der Waals surface area contributed by atoms with Gasteiger partial charge in [-0.2, -0.15) is 13.2 Å². The van der Waals surface area contributed by atoms with Crippen molar-refractivity contribution in [2.75, 3.05) is 59.2 Å². The number of ether oxygens (including phenoxy) is 1. The van der Waals surface area contributed by atoms with Crippen molar-refractivity contribution < 1.29 is 53.4 Å². The Hall–Kier alpha value is -0.973. The van der Waals surface area contributed by atoms with Crippen LogP contribution in [0.4, 0.5) is 18.0 Å². The summed E-state index contributed by atoms with van der Waals surface area (Å²) >= 11 is 0. The first-order valence-corrected chi connectivity index (χ1v) is 17.8. The number of carbonyl (C=O) groups is 1. The van der Waals surface area contributed by atoms with E-state index in [4.69, 9.17) is 31.0 Å². The van der Waals surface area contributed by atoms with Gasteiger partial charge in [0.25, 0.3) is 0 Å². The SMILES string of the molecule is CCCO[Si](CCCNC(=O)OCC[N+](CCC)(CCC)CCC)(OCCC)OCCC.O=S(=O)([O-])C(F)(F)F. The van der Waals surface area contributed by atoms with E-state index in [-0.39, 0.29) is 6.09 Å². The fourth-order valence-electron chi connectivity index (χ4n) is 4.09. The van der Waals surface area contributed by atoms with Crippen LogP contribution in [-0.4, -0.2) is 97.0 Å². The second-order valence-electron chi connectivity index (χ2n) is 9.53. The molecule has 1 amide bonds. The predicted octanol–water partition coefficient (Wildman–Crippen LogP) is 5.42. The number of nitrogens with zero attached hydrogens (tertiary/aromatic N) is 1. The quantitative estimate of drug-likeness (QED) is 0.0556. The molecule has 0 heterocycles. The molecule has 0 saturated carbocycles. The predicted molar refractivity (Wildman–Crippen MR) is 150 cm³/mol. The van der Waals surface area contributed by atoms with Crippen LogP contribution in [-0.2, 0) is 28.1 Å². The lowest BCUT2D eigenvalue weighted by molar-refractivity contribution is -0.928. The number of hydrogen-bond acceptors (Lipinski definition) is 8. The van der Waals surface area contributed by atoms with Crippen molar-refractivity contribution in [3.63, 3.8) is 0 Å². The molecule has 10 nitrogen and oxygen atoms in total. The summed E-state index contributed by atoms with van der Waals surface area (Å²) in [7, 11) is -8.79. The average molecular weight is 627 g/mol. The van der Waals surface area contributed by atoms with Crippen LogP contribution in [0.15, 0.2) is 0 Å². The minimum absolute atomic E-state index is 0.335. The number of quaternary nitrogens is 1. The summed E-state index contributed by atoms with van der Waals surface area (Å²) in [4.78, 5) is 12.2. The minimum Gasteiger partial charge on any atom is -0.741 e. The fourth-order valence-corrected chi connectivity index (χ4v) is 6.92. The lowest BCUT2D eigenvalue weighted by Gasteiger charge is -2.38. The molecule has 0 rings (SSSR count). The monoisotopic (exact) mass is 626 g/mol. The van der Waals surface area contributed by atoms with Crippen LogP contribution < -0.4 is 5.32 Å². The van der Waals surface area contributed by atoms with Crippen LogP contribution in [0, 0.1) is 0 Å². The third-order valence-electron chi connectivity index (χ3n) is 5.68. The summed E-state index contributed by atoms with van der Waals surface area (Å²) in [6, 6.07) is 0.705. The van der Waals surface area contributed by atoms with Crippen molar-refractivity contribution in [2.24, 2.45) is 0 Å². The summed E-state index contributed by atoms with van der Waals surface area (Å²) in [6.45, 7) is 20.2. The van der Waals surface area contributed by atoms with Crippen LogP contribution in [0.5, 0.6) is 0 Å². The molecule has 0 saturated heterocycles. The molecule has 0 aliphatic heterocycles. The number of carbonyl (C=O) groups excluding carboxylic acids is 1. The highest BCUT2D eigenvalue weighted by Gasteiger charge is 2.40. The van der Waals surface area contributed by atoms with Crippen molar-refractivity contribution in [3.05, 3.63) is 0 Å². The van der Waals surface area contributed by atoms with Crippen molar-refractivity contribution in [3.8, 4) is 0 Å². The van der Waals surface area contributed by atoms with Gasteiger partial charge in [0.2, 0.25) is 0 Å². The maximum Gasteiger partial charge on any atom is 0.501 e. The Bertz CT molecular complexity index is 707. The Morgan fingerprint density at radius 3 is 1.50 bits per heavy atom. The molecular weight excluding hydrogens is 573 g/mol. The van der Waals surface area contributed by atoms with E-state index in [2.05, 4.69) is 46.9 Å². The first-order chi connectivity index (χ1) is 18.7. The zero-order valence-electron chi connectivity index (χ0n) is 25.3. The molecule has 0 aromatic carbocycles.